The van der Waals surface area contributed by atoms with Crippen molar-refractivity contribution in [3.05, 3.63) is 24.3 Å². The lowest BCUT2D eigenvalue weighted by atomic mass is 10.0. The number of hydrogen-bond donors (Lipinski definition) is 3. The standard InChI is InChI=1S/C37H71NO3/c1-3-5-7-9-10-11-12-13-14-15-16-17-18-19-20-21-22-23-24-25-26-27-28-29-31-33-37(41)38-35(34-39)36(40)32-30-8-6-4-2/h15-16,30,32,35-36,39-40H,3-14,17-29,31,33-34H2,1-2H3,(H,38,41)/b16-15-,32-30+. The number of nitrogens with one attached hydrogen (secondary N) is 1. The molecule has 0 aromatic heterocycles. The zero-order chi connectivity index (χ0) is 30.1. The Morgan fingerprint density at radius 2 is 0.951 bits per heavy atom. The Morgan fingerprint density at radius 3 is 1.39 bits per heavy atom. The Hall–Kier alpha value is -1.13. The molecule has 0 heterocycles. The average molecular weight is 578 g/mol. The predicted molar refractivity (Wildman–Crippen MR) is 179 cm³/mol. The van der Waals surface area contributed by atoms with Gasteiger partial charge >= 0.3 is 0 Å². The second-order valence-electron chi connectivity index (χ2n) is 12.3. The first-order valence-corrected chi connectivity index (χ1v) is 18.1. The van der Waals surface area contributed by atoms with Gasteiger partial charge in [-0.15, -0.1) is 0 Å². The summed E-state index contributed by atoms with van der Waals surface area (Å²) in [7, 11) is 0. The number of amides is 1. The van der Waals surface area contributed by atoms with E-state index in [1.165, 1.54) is 135 Å². The lowest BCUT2D eigenvalue weighted by Crippen LogP contribution is -2.45. The van der Waals surface area contributed by atoms with E-state index < -0.39 is 12.1 Å². The molecule has 2 atom stereocenters. The van der Waals surface area contributed by atoms with Gasteiger partial charge in [-0.05, 0) is 38.5 Å². The molecule has 0 bridgehead atoms. The van der Waals surface area contributed by atoms with Crippen LogP contribution in [0.3, 0.4) is 0 Å². The van der Waals surface area contributed by atoms with E-state index in [-0.39, 0.29) is 12.5 Å². The summed E-state index contributed by atoms with van der Waals surface area (Å²) in [6.07, 6.45) is 41.7. The SMILES string of the molecule is CCCC/C=C/C(O)C(CO)NC(=O)CCCCCCCCCCCCCCC/C=C\CCCCCCCCCC. The van der Waals surface area contributed by atoms with Crippen molar-refractivity contribution in [1.82, 2.24) is 5.32 Å². The molecule has 0 aromatic rings. The second-order valence-corrected chi connectivity index (χ2v) is 12.3. The van der Waals surface area contributed by atoms with Crippen molar-refractivity contribution < 1.29 is 15.0 Å². The largest absolute Gasteiger partial charge is 0.394 e. The molecule has 0 saturated carbocycles. The lowest BCUT2D eigenvalue weighted by molar-refractivity contribution is -0.123. The first-order valence-electron chi connectivity index (χ1n) is 18.1. The van der Waals surface area contributed by atoms with Gasteiger partial charge in [-0.25, -0.2) is 0 Å². The van der Waals surface area contributed by atoms with E-state index >= 15 is 0 Å². The van der Waals surface area contributed by atoms with Crippen LogP contribution in [0.2, 0.25) is 0 Å². The van der Waals surface area contributed by atoms with Crippen molar-refractivity contribution in [2.24, 2.45) is 0 Å². The normalized spacial score (nSPS) is 13.4. The van der Waals surface area contributed by atoms with Gasteiger partial charge < -0.3 is 15.5 Å². The van der Waals surface area contributed by atoms with Gasteiger partial charge in [-0.3, -0.25) is 4.79 Å². The summed E-state index contributed by atoms with van der Waals surface area (Å²) in [5.41, 5.74) is 0. The smallest absolute Gasteiger partial charge is 0.220 e. The minimum Gasteiger partial charge on any atom is -0.394 e. The van der Waals surface area contributed by atoms with Crippen molar-refractivity contribution in [2.75, 3.05) is 6.61 Å². The summed E-state index contributed by atoms with van der Waals surface area (Å²) >= 11 is 0. The van der Waals surface area contributed by atoms with Crippen LogP contribution in [-0.2, 0) is 4.79 Å². The quantitative estimate of drug-likeness (QED) is 0.0550. The summed E-state index contributed by atoms with van der Waals surface area (Å²) in [6, 6.07) is -0.614. The molecular formula is C37H71NO3. The second kappa shape index (κ2) is 33.4. The Bertz CT molecular complexity index is 589. The third-order valence-electron chi connectivity index (χ3n) is 8.18. The first kappa shape index (κ1) is 39.9. The molecule has 1 amide bonds. The number of allylic oxidation sites excluding steroid dienone is 3. The fraction of sp³-hybridized carbons (Fsp3) is 0.865. The molecule has 0 fully saturated rings. The summed E-state index contributed by atoms with van der Waals surface area (Å²) in [6.45, 7) is 4.17. The fourth-order valence-electron chi connectivity index (χ4n) is 5.33. The zero-order valence-corrected chi connectivity index (χ0v) is 27.6. The van der Waals surface area contributed by atoms with Crippen molar-refractivity contribution in [3.8, 4) is 0 Å². The van der Waals surface area contributed by atoms with Crippen molar-refractivity contribution in [3.63, 3.8) is 0 Å². The Labute approximate surface area is 256 Å². The molecule has 2 unspecified atom stereocenters. The molecule has 0 aliphatic rings. The highest BCUT2D eigenvalue weighted by Gasteiger charge is 2.17. The molecular weight excluding hydrogens is 506 g/mol. The topological polar surface area (TPSA) is 69.6 Å². The van der Waals surface area contributed by atoms with Crippen LogP contribution >= 0.6 is 0 Å². The molecule has 41 heavy (non-hydrogen) atoms. The third-order valence-corrected chi connectivity index (χ3v) is 8.18. The molecule has 4 heteroatoms. The maximum absolute atomic E-state index is 12.2. The lowest BCUT2D eigenvalue weighted by Gasteiger charge is -2.19. The van der Waals surface area contributed by atoms with E-state index in [2.05, 4.69) is 31.3 Å². The molecule has 0 aliphatic heterocycles. The fourth-order valence-corrected chi connectivity index (χ4v) is 5.33. The van der Waals surface area contributed by atoms with E-state index in [0.717, 1.165) is 32.1 Å². The molecule has 0 spiro atoms. The van der Waals surface area contributed by atoms with Gasteiger partial charge in [-0.2, -0.15) is 0 Å². The number of carbonyl (C=O) groups excluding carboxylic acids is 1. The van der Waals surface area contributed by atoms with Crippen LogP contribution in [0.15, 0.2) is 24.3 Å². The Kier molecular flexibility index (Phi) is 32.5. The number of rotatable bonds is 32. The maximum Gasteiger partial charge on any atom is 0.220 e. The molecule has 4 nitrogen and oxygen atoms in total. The van der Waals surface area contributed by atoms with Crippen LogP contribution in [-0.4, -0.2) is 34.9 Å². The molecule has 0 aliphatic carbocycles. The summed E-state index contributed by atoms with van der Waals surface area (Å²) in [5.74, 6) is -0.0735. The molecule has 0 aromatic carbocycles. The summed E-state index contributed by atoms with van der Waals surface area (Å²) in [4.78, 5) is 12.2. The zero-order valence-electron chi connectivity index (χ0n) is 27.6. The summed E-state index contributed by atoms with van der Waals surface area (Å²) in [5, 5.41) is 22.4. The van der Waals surface area contributed by atoms with Gasteiger partial charge in [0, 0.05) is 6.42 Å². The van der Waals surface area contributed by atoms with Crippen molar-refractivity contribution in [2.45, 2.75) is 199 Å². The molecule has 0 rings (SSSR count). The maximum atomic E-state index is 12.2. The Morgan fingerprint density at radius 1 is 0.561 bits per heavy atom. The molecule has 0 saturated heterocycles. The average Bonchev–Trinajstić information content (AvgIpc) is 2.98. The molecule has 242 valence electrons. The van der Waals surface area contributed by atoms with Gasteiger partial charge in [0.1, 0.15) is 0 Å². The molecule has 3 N–H and O–H groups in total. The first-order chi connectivity index (χ1) is 20.2. The van der Waals surface area contributed by atoms with Gasteiger partial charge in [0.15, 0.2) is 0 Å². The molecule has 0 radical (unpaired) electrons. The van der Waals surface area contributed by atoms with Crippen molar-refractivity contribution in [1.29, 1.82) is 0 Å². The highest BCUT2D eigenvalue weighted by molar-refractivity contribution is 5.76. The van der Waals surface area contributed by atoms with E-state index in [9.17, 15) is 15.0 Å². The number of unbranched alkanes of at least 4 members (excludes halogenated alkanes) is 23. The highest BCUT2D eigenvalue weighted by Crippen LogP contribution is 2.14. The van der Waals surface area contributed by atoms with Crippen LogP contribution in [0.4, 0.5) is 0 Å². The van der Waals surface area contributed by atoms with Crippen LogP contribution < -0.4 is 5.32 Å². The number of hydrogen-bond acceptors (Lipinski definition) is 3. The Balaban J connectivity index is 3.39. The van der Waals surface area contributed by atoms with E-state index in [1.807, 2.05) is 6.08 Å². The van der Waals surface area contributed by atoms with Gasteiger partial charge in [-0.1, -0.05) is 167 Å². The van der Waals surface area contributed by atoms with Gasteiger partial charge in [0.05, 0.1) is 18.8 Å². The minimum atomic E-state index is -0.831. The van der Waals surface area contributed by atoms with Crippen LogP contribution in [0.5, 0.6) is 0 Å². The number of carbonyl (C=O) groups is 1. The minimum absolute atomic E-state index is 0.0735. The van der Waals surface area contributed by atoms with E-state index in [1.54, 1.807) is 6.08 Å². The monoisotopic (exact) mass is 578 g/mol. The van der Waals surface area contributed by atoms with E-state index in [4.69, 9.17) is 0 Å². The van der Waals surface area contributed by atoms with Gasteiger partial charge in [0.2, 0.25) is 5.91 Å². The van der Waals surface area contributed by atoms with Crippen LogP contribution in [0.1, 0.15) is 187 Å². The van der Waals surface area contributed by atoms with Crippen LogP contribution in [0.25, 0.3) is 0 Å². The van der Waals surface area contributed by atoms with Crippen LogP contribution in [0, 0.1) is 0 Å². The third kappa shape index (κ3) is 30.1. The number of aliphatic hydroxyl groups excluding tert-OH is 2. The van der Waals surface area contributed by atoms with E-state index in [0.29, 0.717) is 6.42 Å². The predicted octanol–water partition coefficient (Wildman–Crippen LogP) is 10.5. The summed E-state index contributed by atoms with van der Waals surface area (Å²) < 4.78 is 0. The van der Waals surface area contributed by atoms with Crippen molar-refractivity contribution >= 4 is 5.91 Å². The highest BCUT2D eigenvalue weighted by atomic mass is 16.3. The van der Waals surface area contributed by atoms with Gasteiger partial charge in [0.25, 0.3) is 0 Å². The number of aliphatic hydroxyl groups is 2.